The lowest BCUT2D eigenvalue weighted by Gasteiger charge is -2.09. The van der Waals surface area contributed by atoms with Gasteiger partial charge >= 0.3 is 0 Å². The molecule has 4 heteroatoms. The molecule has 0 saturated heterocycles. The maximum Gasteiger partial charge on any atom is 0.207 e. The van der Waals surface area contributed by atoms with Gasteiger partial charge in [0.25, 0.3) is 0 Å². The van der Waals surface area contributed by atoms with Gasteiger partial charge in [0.15, 0.2) is 0 Å². The van der Waals surface area contributed by atoms with Gasteiger partial charge in [-0.1, -0.05) is 11.3 Å². The van der Waals surface area contributed by atoms with Gasteiger partial charge < -0.3 is 4.90 Å². The molecule has 0 aliphatic rings. The minimum Gasteiger partial charge on any atom is -0.350 e. The molecule has 0 saturated carbocycles. The Labute approximate surface area is 58.3 Å². The van der Waals surface area contributed by atoms with Crippen LogP contribution >= 0.6 is 11.3 Å². The number of aromatic nitrogens is 2. The zero-order chi connectivity index (χ0) is 6.69. The maximum atomic E-state index is 3.88. The molecule has 0 unspecified atom stereocenters. The van der Waals surface area contributed by atoms with Gasteiger partial charge in [0, 0.05) is 13.6 Å². The van der Waals surface area contributed by atoms with Crippen molar-refractivity contribution in [3.63, 3.8) is 0 Å². The molecule has 0 N–H and O–H groups in total. The van der Waals surface area contributed by atoms with Crippen molar-refractivity contribution >= 4 is 16.5 Å². The van der Waals surface area contributed by atoms with Crippen molar-refractivity contribution in [3.05, 3.63) is 5.51 Å². The lowest BCUT2D eigenvalue weighted by Crippen LogP contribution is -2.15. The number of hydrogen-bond acceptors (Lipinski definition) is 4. The predicted molar refractivity (Wildman–Crippen MR) is 38.9 cm³/mol. The van der Waals surface area contributed by atoms with Gasteiger partial charge in [-0.15, -0.1) is 10.2 Å². The Morgan fingerprint density at radius 3 is 3.00 bits per heavy atom. The molecule has 0 amide bonds. The monoisotopic (exact) mass is 143 g/mol. The van der Waals surface area contributed by atoms with Crippen molar-refractivity contribution in [1.29, 1.82) is 0 Å². The Balaban J connectivity index is 2.65. The Morgan fingerprint density at radius 1 is 1.78 bits per heavy atom. The molecule has 0 aromatic carbocycles. The van der Waals surface area contributed by atoms with Crippen LogP contribution in [0.1, 0.15) is 6.92 Å². The van der Waals surface area contributed by atoms with Gasteiger partial charge in [-0.3, -0.25) is 0 Å². The third kappa shape index (κ3) is 1.38. The maximum absolute atomic E-state index is 3.88. The van der Waals surface area contributed by atoms with E-state index in [9.17, 15) is 0 Å². The fraction of sp³-hybridized carbons (Fsp3) is 0.600. The second-order valence-electron chi connectivity index (χ2n) is 1.74. The summed E-state index contributed by atoms with van der Waals surface area (Å²) in [6.45, 7) is 3.07. The summed E-state index contributed by atoms with van der Waals surface area (Å²) < 4.78 is 0. The van der Waals surface area contributed by atoms with Crippen LogP contribution in [0, 0.1) is 0 Å². The normalized spacial score (nSPS) is 9.56. The van der Waals surface area contributed by atoms with E-state index in [2.05, 4.69) is 22.0 Å². The van der Waals surface area contributed by atoms with Gasteiger partial charge in [0.2, 0.25) is 5.13 Å². The highest BCUT2D eigenvalue weighted by atomic mass is 32.1. The summed E-state index contributed by atoms with van der Waals surface area (Å²) in [6, 6.07) is 0. The molecule has 9 heavy (non-hydrogen) atoms. The van der Waals surface area contributed by atoms with Crippen LogP contribution in [-0.2, 0) is 0 Å². The average Bonchev–Trinajstić information content (AvgIpc) is 2.37. The van der Waals surface area contributed by atoms with Crippen LogP contribution < -0.4 is 4.90 Å². The second kappa shape index (κ2) is 2.77. The van der Waals surface area contributed by atoms with E-state index in [1.807, 2.05) is 7.05 Å². The molecular weight excluding hydrogens is 134 g/mol. The Kier molecular flexibility index (Phi) is 2.00. The first-order chi connectivity index (χ1) is 4.34. The van der Waals surface area contributed by atoms with E-state index < -0.39 is 0 Å². The standard InChI is InChI=1S/C5H9N3S/c1-3-8(2)5-7-6-4-9-5/h4H,3H2,1-2H3. The fourth-order valence-electron chi connectivity index (χ4n) is 0.469. The molecule has 0 fully saturated rings. The second-order valence-corrected chi connectivity index (χ2v) is 2.55. The number of anilines is 1. The zero-order valence-electron chi connectivity index (χ0n) is 5.53. The van der Waals surface area contributed by atoms with Gasteiger partial charge in [-0.25, -0.2) is 0 Å². The Hall–Kier alpha value is -0.640. The largest absolute Gasteiger partial charge is 0.350 e. The third-order valence-corrected chi connectivity index (χ3v) is 1.95. The minimum atomic E-state index is 0.981. The van der Waals surface area contributed by atoms with E-state index in [0.29, 0.717) is 0 Å². The van der Waals surface area contributed by atoms with E-state index in [0.717, 1.165) is 11.7 Å². The Morgan fingerprint density at radius 2 is 2.56 bits per heavy atom. The minimum absolute atomic E-state index is 0.981. The molecule has 1 rings (SSSR count). The lowest BCUT2D eigenvalue weighted by atomic mass is 10.7. The van der Waals surface area contributed by atoms with Crippen LogP contribution in [0.2, 0.25) is 0 Å². The summed E-state index contributed by atoms with van der Waals surface area (Å²) >= 11 is 1.56. The van der Waals surface area contributed by atoms with Crippen molar-refractivity contribution in [2.75, 3.05) is 18.5 Å². The first kappa shape index (κ1) is 6.48. The van der Waals surface area contributed by atoms with Gasteiger partial charge in [-0.05, 0) is 6.92 Å². The first-order valence-corrected chi connectivity index (χ1v) is 3.70. The fourth-order valence-corrected chi connectivity index (χ4v) is 1.06. The van der Waals surface area contributed by atoms with Crippen LogP contribution in [0.25, 0.3) is 0 Å². The van der Waals surface area contributed by atoms with Gasteiger partial charge in [0.1, 0.15) is 5.51 Å². The van der Waals surface area contributed by atoms with Crippen LogP contribution in [0.15, 0.2) is 5.51 Å². The molecule has 0 radical (unpaired) electrons. The predicted octanol–water partition coefficient (Wildman–Crippen LogP) is 0.994. The molecule has 50 valence electrons. The van der Waals surface area contributed by atoms with E-state index in [-0.39, 0.29) is 0 Å². The van der Waals surface area contributed by atoms with Crippen molar-refractivity contribution in [3.8, 4) is 0 Å². The summed E-state index contributed by atoms with van der Waals surface area (Å²) in [5.74, 6) is 0. The highest BCUT2D eigenvalue weighted by Gasteiger charge is 1.98. The van der Waals surface area contributed by atoms with Gasteiger partial charge in [0.05, 0.1) is 0 Å². The van der Waals surface area contributed by atoms with Crippen LogP contribution in [-0.4, -0.2) is 23.8 Å². The quantitative estimate of drug-likeness (QED) is 0.618. The first-order valence-electron chi connectivity index (χ1n) is 2.82. The van der Waals surface area contributed by atoms with Crippen molar-refractivity contribution in [1.82, 2.24) is 10.2 Å². The third-order valence-electron chi connectivity index (χ3n) is 1.15. The SMILES string of the molecule is CCN(C)c1nncs1. The summed E-state index contributed by atoms with van der Waals surface area (Å²) in [7, 11) is 2.00. The van der Waals surface area contributed by atoms with Crippen molar-refractivity contribution in [2.45, 2.75) is 6.92 Å². The topological polar surface area (TPSA) is 29.0 Å². The molecule has 0 bridgehead atoms. The van der Waals surface area contributed by atoms with Crippen molar-refractivity contribution < 1.29 is 0 Å². The lowest BCUT2D eigenvalue weighted by molar-refractivity contribution is 0.929. The van der Waals surface area contributed by atoms with E-state index >= 15 is 0 Å². The van der Waals surface area contributed by atoms with Crippen molar-refractivity contribution in [2.24, 2.45) is 0 Å². The molecule has 1 aromatic heterocycles. The number of nitrogens with zero attached hydrogens (tertiary/aromatic N) is 3. The molecular formula is C5H9N3S. The zero-order valence-corrected chi connectivity index (χ0v) is 6.35. The smallest absolute Gasteiger partial charge is 0.207 e. The molecule has 0 spiro atoms. The van der Waals surface area contributed by atoms with Crippen LogP contribution in [0.5, 0.6) is 0 Å². The summed E-state index contributed by atoms with van der Waals surface area (Å²) in [6.07, 6.45) is 0. The molecule has 1 heterocycles. The van der Waals surface area contributed by atoms with Crippen LogP contribution in [0.4, 0.5) is 5.13 Å². The highest BCUT2D eigenvalue weighted by molar-refractivity contribution is 7.13. The Bertz CT molecular complexity index is 161. The number of rotatable bonds is 2. The molecule has 0 aliphatic carbocycles. The highest BCUT2D eigenvalue weighted by Crippen LogP contribution is 2.11. The molecule has 3 nitrogen and oxygen atoms in total. The molecule has 0 aliphatic heterocycles. The molecule has 0 atom stereocenters. The van der Waals surface area contributed by atoms with E-state index in [1.54, 1.807) is 16.8 Å². The van der Waals surface area contributed by atoms with E-state index in [4.69, 9.17) is 0 Å². The number of hydrogen-bond donors (Lipinski definition) is 0. The van der Waals surface area contributed by atoms with E-state index in [1.165, 1.54) is 0 Å². The summed E-state index contributed by atoms with van der Waals surface area (Å²) in [5.41, 5.74) is 1.74. The van der Waals surface area contributed by atoms with Crippen LogP contribution in [0.3, 0.4) is 0 Å². The summed E-state index contributed by atoms with van der Waals surface area (Å²) in [5, 5.41) is 8.58. The summed E-state index contributed by atoms with van der Waals surface area (Å²) in [4.78, 5) is 2.05. The average molecular weight is 143 g/mol. The molecule has 1 aromatic rings. The van der Waals surface area contributed by atoms with Gasteiger partial charge in [-0.2, -0.15) is 0 Å².